The normalized spacial score (nSPS) is 9.67. The molecule has 0 saturated heterocycles. The first-order chi connectivity index (χ1) is 8.58. The average molecular weight is 251 g/mol. The highest BCUT2D eigenvalue weighted by Gasteiger charge is 2.09. The van der Waals surface area contributed by atoms with Gasteiger partial charge in [-0.1, -0.05) is 0 Å². The lowest BCUT2D eigenvalue weighted by Gasteiger charge is -2.10. The first-order valence-corrected chi connectivity index (χ1v) is 5.57. The van der Waals surface area contributed by atoms with Crippen LogP contribution in [0.25, 0.3) is 0 Å². The number of ether oxygens (including phenoxy) is 1. The highest BCUT2D eigenvalue weighted by Crippen LogP contribution is 2.20. The maximum atomic E-state index is 11.3. The van der Waals surface area contributed by atoms with E-state index in [2.05, 4.69) is 15.4 Å². The zero-order chi connectivity index (χ0) is 13.5. The lowest BCUT2D eigenvalue weighted by molar-refractivity contribution is -0.119. The summed E-state index contributed by atoms with van der Waals surface area (Å²) in [6.45, 7) is 2.50. The van der Waals surface area contributed by atoms with Crippen LogP contribution in [-0.2, 0) is 9.53 Å². The number of carbonyl (C=O) groups is 2. The van der Waals surface area contributed by atoms with Gasteiger partial charge in [-0.15, -0.1) is 0 Å². The summed E-state index contributed by atoms with van der Waals surface area (Å²) in [5.74, 6) is -0.587. The van der Waals surface area contributed by atoms with Gasteiger partial charge in [0.25, 0.3) is 0 Å². The van der Waals surface area contributed by atoms with E-state index in [0.29, 0.717) is 23.5 Å². The van der Waals surface area contributed by atoms with Crippen molar-refractivity contribution in [2.45, 2.75) is 6.92 Å². The predicted molar refractivity (Wildman–Crippen MR) is 69.4 cm³/mol. The number of nitrogens with two attached hydrogens (primary N) is 1. The Morgan fingerprint density at radius 3 is 2.72 bits per heavy atom. The number of hydrogen-bond donors (Lipinski definition) is 3. The number of nitrogen functional groups attached to an aromatic ring is 1. The molecule has 98 valence electrons. The molecule has 0 aliphatic heterocycles. The van der Waals surface area contributed by atoms with Gasteiger partial charge >= 0.3 is 5.97 Å². The Morgan fingerprint density at radius 1 is 1.39 bits per heavy atom. The quantitative estimate of drug-likeness (QED) is 0.526. The van der Waals surface area contributed by atoms with Crippen LogP contribution in [0.2, 0.25) is 0 Å². The summed E-state index contributed by atoms with van der Waals surface area (Å²) in [7, 11) is 1.31. The summed E-state index contributed by atoms with van der Waals surface area (Å²) in [5.41, 5.74) is 7.12. The molecule has 0 aliphatic rings. The van der Waals surface area contributed by atoms with E-state index in [1.165, 1.54) is 7.11 Å². The number of methoxy groups -OCH3 is 1. The molecular weight excluding hydrogens is 234 g/mol. The minimum Gasteiger partial charge on any atom is -0.465 e. The van der Waals surface area contributed by atoms with Crippen molar-refractivity contribution >= 4 is 23.3 Å². The molecule has 0 heterocycles. The van der Waals surface area contributed by atoms with E-state index in [0.717, 1.165) is 0 Å². The second kappa shape index (κ2) is 6.48. The smallest absolute Gasteiger partial charge is 0.337 e. The molecule has 0 aromatic heterocycles. The fraction of sp³-hybridized carbons (Fsp3) is 0.333. The van der Waals surface area contributed by atoms with Gasteiger partial charge in [0.05, 0.1) is 30.6 Å². The van der Waals surface area contributed by atoms with Crippen LogP contribution in [0.1, 0.15) is 17.3 Å². The predicted octanol–water partition coefficient (Wildman–Crippen LogP) is 0.603. The third-order valence-electron chi connectivity index (χ3n) is 2.29. The van der Waals surface area contributed by atoms with Crippen molar-refractivity contribution in [3.05, 3.63) is 23.8 Å². The van der Waals surface area contributed by atoms with Crippen molar-refractivity contribution in [1.82, 2.24) is 5.32 Å². The van der Waals surface area contributed by atoms with Crippen LogP contribution in [0.15, 0.2) is 18.2 Å². The monoisotopic (exact) mass is 251 g/mol. The van der Waals surface area contributed by atoms with Gasteiger partial charge in [-0.3, -0.25) is 4.79 Å². The van der Waals surface area contributed by atoms with Crippen LogP contribution in [0.3, 0.4) is 0 Å². The molecule has 0 atom stereocenters. The molecule has 6 nitrogen and oxygen atoms in total. The third kappa shape index (κ3) is 3.65. The number of rotatable bonds is 5. The average Bonchev–Trinajstić information content (AvgIpc) is 2.37. The number of anilines is 2. The molecule has 0 saturated carbocycles. The van der Waals surface area contributed by atoms with Gasteiger partial charge in [0.15, 0.2) is 0 Å². The molecule has 1 rings (SSSR count). The van der Waals surface area contributed by atoms with E-state index in [-0.39, 0.29) is 12.5 Å². The molecule has 4 N–H and O–H groups in total. The van der Waals surface area contributed by atoms with Crippen molar-refractivity contribution in [2.24, 2.45) is 0 Å². The molecule has 0 spiro atoms. The SMILES string of the molecule is CCNC(=O)CNc1cc(C(=O)OC)ccc1N. The van der Waals surface area contributed by atoms with Crippen LogP contribution in [-0.4, -0.2) is 32.1 Å². The van der Waals surface area contributed by atoms with Crippen molar-refractivity contribution in [3.8, 4) is 0 Å². The Labute approximate surface area is 105 Å². The Balaban J connectivity index is 2.75. The molecule has 0 aliphatic carbocycles. The van der Waals surface area contributed by atoms with Gasteiger partial charge in [0.2, 0.25) is 5.91 Å². The van der Waals surface area contributed by atoms with Gasteiger partial charge in [0.1, 0.15) is 0 Å². The van der Waals surface area contributed by atoms with Gasteiger partial charge < -0.3 is 21.1 Å². The number of nitrogens with one attached hydrogen (secondary N) is 2. The summed E-state index contributed by atoms with van der Waals surface area (Å²) in [4.78, 5) is 22.6. The van der Waals surface area contributed by atoms with Gasteiger partial charge in [-0.25, -0.2) is 4.79 Å². The second-order valence-corrected chi connectivity index (χ2v) is 3.60. The highest BCUT2D eigenvalue weighted by molar-refractivity contribution is 5.92. The standard InChI is InChI=1S/C12H17N3O3/c1-3-14-11(16)7-15-10-6-8(12(17)18-2)4-5-9(10)13/h4-6,15H,3,7,13H2,1-2H3,(H,14,16). The summed E-state index contributed by atoms with van der Waals surface area (Å²) in [5, 5.41) is 5.52. The molecule has 0 fully saturated rings. The van der Waals surface area contributed by atoms with E-state index in [1.807, 2.05) is 6.92 Å². The maximum Gasteiger partial charge on any atom is 0.337 e. The summed E-state index contributed by atoms with van der Waals surface area (Å²) in [6.07, 6.45) is 0. The van der Waals surface area contributed by atoms with Gasteiger partial charge in [-0.2, -0.15) is 0 Å². The highest BCUT2D eigenvalue weighted by atomic mass is 16.5. The zero-order valence-electron chi connectivity index (χ0n) is 10.4. The Hall–Kier alpha value is -2.24. The number of benzene rings is 1. The first-order valence-electron chi connectivity index (χ1n) is 5.57. The fourth-order valence-corrected chi connectivity index (χ4v) is 1.39. The van der Waals surface area contributed by atoms with Crippen molar-refractivity contribution in [1.29, 1.82) is 0 Å². The van der Waals surface area contributed by atoms with Crippen molar-refractivity contribution in [2.75, 3.05) is 31.2 Å². The molecule has 0 radical (unpaired) electrons. The van der Waals surface area contributed by atoms with Gasteiger partial charge in [-0.05, 0) is 25.1 Å². The van der Waals surface area contributed by atoms with Crippen molar-refractivity contribution < 1.29 is 14.3 Å². The van der Waals surface area contributed by atoms with Crippen LogP contribution < -0.4 is 16.4 Å². The van der Waals surface area contributed by atoms with Crippen LogP contribution in [0.4, 0.5) is 11.4 Å². The molecule has 1 amide bonds. The molecule has 1 aromatic rings. The Morgan fingerprint density at radius 2 is 2.11 bits per heavy atom. The van der Waals surface area contributed by atoms with Crippen LogP contribution in [0, 0.1) is 0 Å². The number of hydrogen-bond acceptors (Lipinski definition) is 5. The number of carbonyl (C=O) groups excluding carboxylic acids is 2. The largest absolute Gasteiger partial charge is 0.465 e. The first kappa shape index (κ1) is 13.8. The molecule has 0 unspecified atom stereocenters. The lowest BCUT2D eigenvalue weighted by Crippen LogP contribution is -2.29. The Bertz CT molecular complexity index is 446. The molecule has 18 heavy (non-hydrogen) atoms. The van der Waals surface area contributed by atoms with E-state index in [1.54, 1.807) is 18.2 Å². The lowest BCUT2D eigenvalue weighted by atomic mass is 10.1. The minimum atomic E-state index is -0.448. The summed E-state index contributed by atoms with van der Waals surface area (Å²) >= 11 is 0. The van der Waals surface area contributed by atoms with Crippen LogP contribution in [0.5, 0.6) is 0 Å². The summed E-state index contributed by atoms with van der Waals surface area (Å²) < 4.78 is 4.61. The van der Waals surface area contributed by atoms with Crippen LogP contribution >= 0.6 is 0 Å². The van der Waals surface area contributed by atoms with Crippen molar-refractivity contribution in [3.63, 3.8) is 0 Å². The zero-order valence-corrected chi connectivity index (χ0v) is 10.4. The Kier molecular flexibility index (Phi) is 4.98. The fourth-order valence-electron chi connectivity index (χ4n) is 1.39. The topological polar surface area (TPSA) is 93.5 Å². The van der Waals surface area contributed by atoms with E-state index >= 15 is 0 Å². The molecule has 1 aromatic carbocycles. The number of likely N-dealkylation sites (N-methyl/N-ethyl adjacent to an activating group) is 1. The molecular formula is C12H17N3O3. The summed E-state index contributed by atoms with van der Waals surface area (Å²) in [6, 6.07) is 4.71. The molecule has 0 bridgehead atoms. The van der Waals surface area contributed by atoms with Gasteiger partial charge in [0, 0.05) is 6.54 Å². The molecule has 6 heteroatoms. The second-order valence-electron chi connectivity index (χ2n) is 3.60. The maximum absolute atomic E-state index is 11.3. The van der Waals surface area contributed by atoms with E-state index in [4.69, 9.17) is 5.73 Å². The minimum absolute atomic E-state index is 0.0999. The van der Waals surface area contributed by atoms with E-state index in [9.17, 15) is 9.59 Å². The number of amides is 1. The van der Waals surface area contributed by atoms with E-state index < -0.39 is 5.97 Å². The number of esters is 1. The third-order valence-corrected chi connectivity index (χ3v) is 2.29.